The molecule has 110 valence electrons. The molecule has 5 heteroatoms. The highest BCUT2D eigenvalue weighted by atomic mass is 16.6. The number of benzene rings is 2. The van der Waals surface area contributed by atoms with E-state index in [0.717, 1.165) is 27.7 Å². The Morgan fingerprint density at radius 2 is 1.86 bits per heavy atom. The number of hydrogen-bond acceptors (Lipinski definition) is 4. The summed E-state index contributed by atoms with van der Waals surface area (Å²) in [6.07, 6.45) is 0. The van der Waals surface area contributed by atoms with Crippen molar-refractivity contribution < 1.29 is 9.94 Å². The van der Waals surface area contributed by atoms with E-state index >= 15 is 0 Å². The van der Waals surface area contributed by atoms with Gasteiger partial charge in [-0.1, -0.05) is 47.6 Å². The molecule has 2 heterocycles. The minimum atomic E-state index is -1.24. The number of aromatic nitrogens is 2. The minimum Gasteiger partial charge on any atom is -0.399 e. The zero-order chi connectivity index (χ0) is 15.3. The molecule has 2 aromatic carbocycles. The van der Waals surface area contributed by atoms with Crippen LogP contribution < -0.4 is 0 Å². The number of nitrogens with zero attached hydrogens (tertiary/aromatic N) is 3. The van der Waals surface area contributed by atoms with Crippen LogP contribution >= 0.6 is 0 Å². The van der Waals surface area contributed by atoms with Crippen molar-refractivity contribution in [2.45, 2.75) is 12.6 Å². The van der Waals surface area contributed by atoms with Gasteiger partial charge in [-0.3, -0.25) is 0 Å². The van der Waals surface area contributed by atoms with Crippen LogP contribution in [0.3, 0.4) is 0 Å². The molecule has 1 aliphatic heterocycles. The van der Waals surface area contributed by atoms with Crippen LogP contribution in [0, 0.1) is 0 Å². The maximum absolute atomic E-state index is 11.1. The van der Waals surface area contributed by atoms with Crippen LogP contribution in [0.15, 0.2) is 53.7 Å². The molecule has 0 spiro atoms. The predicted octanol–water partition coefficient (Wildman–Crippen LogP) is 2.46. The third-order valence-electron chi connectivity index (χ3n) is 4.09. The van der Waals surface area contributed by atoms with Crippen molar-refractivity contribution in [1.29, 1.82) is 0 Å². The lowest BCUT2D eigenvalue weighted by atomic mass is 9.89. The Morgan fingerprint density at radius 3 is 2.68 bits per heavy atom. The summed E-state index contributed by atoms with van der Waals surface area (Å²) in [6.45, 7) is 1.74. The summed E-state index contributed by atoms with van der Waals surface area (Å²) in [5, 5.41) is 20.8. The van der Waals surface area contributed by atoms with Crippen LogP contribution in [0.4, 0.5) is 0 Å². The van der Waals surface area contributed by atoms with Gasteiger partial charge in [0, 0.05) is 16.5 Å². The van der Waals surface area contributed by atoms with Crippen LogP contribution in [-0.2, 0) is 10.6 Å². The lowest BCUT2D eigenvalue weighted by Crippen LogP contribution is -2.40. The van der Waals surface area contributed by atoms with Gasteiger partial charge < -0.3 is 9.94 Å². The van der Waals surface area contributed by atoms with E-state index in [9.17, 15) is 5.11 Å². The maximum atomic E-state index is 11.1. The molecule has 0 aliphatic carbocycles. The minimum absolute atomic E-state index is 0.679. The molecule has 22 heavy (non-hydrogen) atoms. The Kier molecular flexibility index (Phi) is 2.62. The normalized spacial score (nSPS) is 21.7. The molecule has 0 bridgehead atoms. The quantitative estimate of drug-likeness (QED) is 0.701. The first-order valence-corrected chi connectivity index (χ1v) is 7.06. The molecule has 0 unspecified atom stereocenters. The van der Waals surface area contributed by atoms with Crippen molar-refractivity contribution in [3.63, 3.8) is 0 Å². The van der Waals surface area contributed by atoms with Gasteiger partial charge >= 0.3 is 0 Å². The topological polar surface area (TPSA) is 59.6 Å². The molecule has 5 nitrogen and oxygen atoms in total. The molecule has 1 aromatic heterocycles. The van der Waals surface area contributed by atoms with E-state index < -0.39 is 5.72 Å². The molecule has 1 N–H and O–H groups in total. The highest BCUT2D eigenvalue weighted by Crippen LogP contribution is 2.37. The number of fused-ring (bicyclic) bond motifs is 4. The van der Waals surface area contributed by atoms with Gasteiger partial charge in [-0.25, -0.2) is 4.68 Å². The van der Waals surface area contributed by atoms with Gasteiger partial charge in [0.1, 0.15) is 18.5 Å². The first-order chi connectivity index (χ1) is 10.6. The van der Waals surface area contributed by atoms with Crippen LogP contribution in [-0.4, -0.2) is 27.7 Å². The Morgan fingerprint density at radius 1 is 1.14 bits per heavy atom. The Balaban J connectivity index is 2.16. The number of aliphatic hydroxyl groups is 1. The number of hydrogen-bond donors (Lipinski definition) is 1. The first-order valence-electron chi connectivity index (χ1n) is 7.06. The van der Waals surface area contributed by atoms with Gasteiger partial charge in [0.25, 0.3) is 0 Å². The molecule has 0 amide bonds. The smallest absolute Gasteiger partial charge is 0.182 e. The van der Waals surface area contributed by atoms with Gasteiger partial charge in [-0.2, -0.15) is 5.10 Å². The van der Waals surface area contributed by atoms with E-state index in [4.69, 9.17) is 4.84 Å². The molecule has 0 saturated heterocycles. The monoisotopic (exact) mass is 293 g/mol. The number of rotatable bonds is 1. The Bertz CT molecular complexity index is 909. The third-order valence-corrected chi connectivity index (χ3v) is 4.09. The third kappa shape index (κ3) is 1.57. The average Bonchev–Trinajstić information content (AvgIpc) is 2.92. The van der Waals surface area contributed by atoms with E-state index in [1.54, 1.807) is 11.6 Å². The Hall–Kier alpha value is -2.66. The van der Waals surface area contributed by atoms with E-state index in [0.29, 0.717) is 5.71 Å². The van der Waals surface area contributed by atoms with E-state index in [1.165, 1.54) is 7.11 Å². The second-order valence-electron chi connectivity index (χ2n) is 5.47. The number of oxime groups is 1. The van der Waals surface area contributed by atoms with Crippen molar-refractivity contribution in [3.05, 3.63) is 65.4 Å². The van der Waals surface area contributed by atoms with Crippen LogP contribution in [0.2, 0.25) is 0 Å². The van der Waals surface area contributed by atoms with Crippen molar-refractivity contribution >= 4 is 16.6 Å². The van der Waals surface area contributed by atoms with Gasteiger partial charge in [-0.15, -0.1) is 0 Å². The van der Waals surface area contributed by atoms with Crippen LogP contribution in [0.1, 0.15) is 23.7 Å². The molecule has 0 fully saturated rings. The van der Waals surface area contributed by atoms with Crippen molar-refractivity contribution in [2.75, 3.05) is 7.11 Å². The van der Waals surface area contributed by atoms with E-state index in [2.05, 4.69) is 10.3 Å². The van der Waals surface area contributed by atoms with Crippen molar-refractivity contribution in [3.8, 4) is 0 Å². The van der Waals surface area contributed by atoms with Crippen molar-refractivity contribution in [1.82, 2.24) is 9.78 Å². The van der Waals surface area contributed by atoms with E-state index in [-0.39, 0.29) is 0 Å². The summed E-state index contributed by atoms with van der Waals surface area (Å²) in [5.41, 5.74) is 2.63. The van der Waals surface area contributed by atoms with Crippen LogP contribution in [0.25, 0.3) is 10.9 Å². The second kappa shape index (κ2) is 4.42. The summed E-state index contributed by atoms with van der Waals surface area (Å²) in [7, 11) is 1.52. The SMILES string of the molecule is CO/N=C1/c2ccccc2[C@@](C)(O)n2nc3ccccc3c21. The molecule has 0 radical (unpaired) electrons. The van der Waals surface area contributed by atoms with Crippen LogP contribution in [0.5, 0.6) is 0 Å². The molecule has 4 rings (SSSR count). The van der Waals surface area contributed by atoms with Gasteiger partial charge in [0.05, 0.1) is 5.52 Å². The summed E-state index contributed by atoms with van der Waals surface area (Å²) in [5.74, 6) is 0. The highest BCUT2D eigenvalue weighted by Gasteiger charge is 2.39. The average molecular weight is 293 g/mol. The zero-order valence-corrected chi connectivity index (χ0v) is 12.3. The molecular weight excluding hydrogens is 278 g/mol. The lowest BCUT2D eigenvalue weighted by molar-refractivity contribution is 0.0109. The standard InChI is InChI=1S/C17H15N3O2/c1-17(21)13-9-5-3-7-11(13)15(19-22-2)16-12-8-4-6-10-14(12)18-20(16)17/h3-10,21H,1-2H3/b19-15-/t17-/m1/s1. The molecule has 1 aliphatic rings. The Labute approximate surface area is 127 Å². The van der Waals surface area contributed by atoms with E-state index in [1.807, 2.05) is 48.5 Å². The maximum Gasteiger partial charge on any atom is 0.182 e. The predicted molar refractivity (Wildman–Crippen MR) is 83.8 cm³/mol. The molecular formula is C17H15N3O2. The largest absolute Gasteiger partial charge is 0.399 e. The lowest BCUT2D eigenvalue weighted by Gasteiger charge is -2.33. The highest BCUT2D eigenvalue weighted by molar-refractivity contribution is 6.19. The molecule has 0 saturated carbocycles. The van der Waals surface area contributed by atoms with Crippen molar-refractivity contribution in [2.24, 2.45) is 5.16 Å². The zero-order valence-electron chi connectivity index (χ0n) is 12.3. The van der Waals surface area contributed by atoms with Gasteiger partial charge in [0.2, 0.25) is 0 Å². The summed E-state index contributed by atoms with van der Waals surface area (Å²) >= 11 is 0. The van der Waals surface area contributed by atoms with Gasteiger partial charge in [-0.05, 0) is 13.0 Å². The van der Waals surface area contributed by atoms with Gasteiger partial charge in [0.15, 0.2) is 5.72 Å². The fraction of sp³-hybridized carbons (Fsp3) is 0.176. The second-order valence-corrected chi connectivity index (χ2v) is 5.47. The summed E-state index contributed by atoms with van der Waals surface area (Å²) < 4.78 is 1.62. The fourth-order valence-corrected chi connectivity index (χ4v) is 3.10. The first kappa shape index (κ1) is 13.0. The summed E-state index contributed by atoms with van der Waals surface area (Å²) in [6, 6.07) is 15.4. The fourth-order valence-electron chi connectivity index (χ4n) is 3.10. The molecule has 1 atom stereocenters. The summed E-state index contributed by atoms with van der Waals surface area (Å²) in [4.78, 5) is 5.05. The molecule has 3 aromatic rings.